The van der Waals surface area contributed by atoms with Crippen molar-refractivity contribution in [3.8, 4) is 0 Å². The van der Waals surface area contributed by atoms with E-state index in [1.54, 1.807) is 12.1 Å². The van der Waals surface area contributed by atoms with Gasteiger partial charge in [0.2, 0.25) is 5.78 Å². The highest BCUT2D eigenvalue weighted by Crippen LogP contribution is 2.09. The van der Waals surface area contributed by atoms with Gasteiger partial charge < -0.3 is 4.74 Å². The van der Waals surface area contributed by atoms with E-state index in [2.05, 4.69) is 11.3 Å². The first-order chi connectivity index (χ1) is 7.00. The molecular weight excluding hydrogens is 192 g/mol. The van der Waals surface area contributed by atoms with Gasteiger partial charge in [0.25, 0.3) is 0 Å². The fraction of sp³-hybridized carbons (Fsp3) is 0.167. The van der Waals surface area contributed by atoms with E-state index < -0.39 is 5.97 Å². The molecule has 1 rings (SSSR count). The zero-order valence-electron chi connectivity index (χ0n) is 8.74. The normalized spacial score (nSPS) is 9.47. The molecular formula is C12H12O3. The van der Waals surface area contributed by atoms with Gasteiger partial charge in [-0.15, -0.1) is 0 Å². The quantitative estimate of drug-likeness (QED) is 0.328. The second-order valence-corrected chi connectivity index (χ2v) is 3.21. The maximum atomic E-state index is 11.6. The van der Waals surface area contributed by atoms with E-state index in [1.807, 2.05) is 19.1 Å². The van der Waals surface area contributed by atoms with Crippen molar-refractivity contribution in [2.24, 2.45) is 0 Å². The van der Waals surface area contributed by atoms with Crippen LogP contribution in [0.2, 0.25) is 0 Å². The maximum absolute atomic E-state index is 11.6. The third-order valence-electron chi connectivity index (χ3n) is 1.83. The molecule has 0 N–H and O–H groups in total. The van der Waals surface area contributed by atoms with Crippen molar-refractivity contribution >= 4 is 11.8 Å². The Balaban J connectivity index is 2.81. The molecule has 0 spiro atoms. The third kappa shape index (κ3) is 3.06. The van der Waals surface area contributed by atoms with Crippen LogP contribution in [0.5, 0.6) is 0 Å². The second kappa shape index (κ2) is 4.55. The smallest absolute Gasteiger partial charge is 0.308 e. The van der Waals surface area contributed by atoms with Crippen LogP contribution in [-0.4, -0.2) is 11.8 Å². The largest absolute Gasteiger partial charge is 0.423 e. The van der Waals surface area contributed by atoms with Gasteiger partial charge in [-0.1, -0.05) is 36.4 Å². The van der Waals surface area contributed by atoms with Crippen molar-refractivity contribution in [2.75, 3.05) is 0 Å². The van der Waals surface area contributed by atoms with Crippen molar-refractivity contribution in [1.82, 2.24) is 0 Å². The van der Waals surface area contributed by atoms with E-state index in [1.165, 1.54) is 6.92 Å². The molecule has 0 saturated carbocycles. The van der Waals surface area contributed by atoms with Gasteiger partial charge in [0, 0.05) is 12.5 Å². The Morgan fingerprint density at radius 3 is 2.20 bits per heavy atom. The van der Waals surface area contributed by atoms with Gasteiger partial charge in [0.1, 0.15) is 0 Å². The predicted molar refractivity (Wildman–Crippen MR) is 56.4 cm³/mol. The van der Waals surface area contributed by atoms with Crippen LogP contribution < -0.4 is 0 Å². The Hall–Kier alpha value is -1.90. The molecule has 1 aromatic carbocycles. The van der Waals surface area contributed by atoms with Crippen LogP contribution in [0, 0.1) is 6.92 Å². The molecule has 0 aromatic heterocycles. The molecule has 0 heterocycles. The molecule has 0 saturated heterocycles. The predicted octanol–water partition coefficient (Wildman–Crippen LogP) is 2.25. The Bertz CT molecular complexity index is 401. The average Bonchev–Trinajstić information content (AvgIpc) is 2.17. The van der Waals surface area contributed by atoms with Crippen molar-refractivity contribution in [3.63, 3.8) is 0 Å². The minimum Gasteiger partial charge on any atom is -0.423 e. The summed E-state index contributed by atoms with van der Waals surface area (Å²) in [6.07, 6.45) is 0. The number of benzene rings is 1. The lowest BCUT2D eigenvalue weighted by Gasteiger charge is -2.04. The van der Waals surface area contributed by atoms with Crippen molar-refractivity contribution < 1.29 is 14.3 Å². The number of Topliss-reactive ketones (excluding diaryl/α,β-unsaturated/α-hetero) is 1. The van der Waals surface area contributed by atoms with E-state index in [0.717, 1.165) is 5.56 Å². The number of allylic oxidation sites excluding steroid dienone is 1. The van der Waals surface area contributed by atoms with Gasteiger partial charge in [0.15, 0.2) is 5.76 Å². The Morgan fingerprint density at radius 1 is 1.20 bits per heavy atom. The lowest BCUT2D eigenvalue weighted by atomic mass is 10.1. The molecule has 0 aliphatic rings. The molecule has 1 aromatic rings. The summed E-state index contributed by atoms with van der Waals surface area (Å²) in [5.41, 5.74) is 1.52. The van der Waals surface area contributed by atoms with Gasteiger partial charge in [-0.3, -0.25) is 9.59 Å². The minimum absolute atomic E-state index is 0.147. The molecule has 0 aliphatic carbocycles. The molecule has 15 heavy (non-hydrogen) atoms. The fourth-order valence-electron chi connectivity index (χ4n) is 1.09. The van der Waals surface area contributed by atoms with Crippen LogP contribution in [0.25, 0.3) is 0 Å². The van der Waals surface area contributed by atoms with Crippen LogP contribution in [-0.2, 0) is 9.53 Å². The Kier molecular flexibility index (Phi) is 3.39. The summed E-state index contributed by atoms with van der Waals surface area (Å²) in [5, 5.41) is 0. The van der Waals surface area contributed by atoms with Crippen LogP contribution in [0.3, 0.4) is 0 Å². The van der Waals surface area contributed by atoms with E-state index in [-0.39, 0.29) is 11.5 Å². The topological polar surface area (TPSA) is 43.4 Å². The number of aryl methyl sites for hydroxylation is 1. The van der Waals surface area contributed by atoms with E-state index >= 15 is 0 Å². The summed E-state index contributed by atoms with van der Waals surface area (Å²) in [6.45, 7) is 6.56. The summed E-state index contributed by atoms with van der Waals surface area (Å²) < 4.78 is 4.61. The first kappa shape index (κ1) is 11.2. The van der Waals surface area contributed by atoms with E-state index in [4.69, 9.17) is 0 Å². The van der Waals surface area contributed by atoms with E-state index in [0.29, 0.717) is 5.56 Å². The monoisotopic (exact) mass is 204 g/mol. The summed E-state index contributed by atoms with van der Waals surface area (Å²) in [5.74, 6) is -1.06. The van der Waals surface area contributed by atoms with Gasteiger partial charge in [-0.05, 0) is 6.92 Å². The molecule has 0 fully saturated rings. The number of carbonyl (C=O) groups is 2. The lowest BCUT2D eigenvalue weighted by Crippen LogP contribution is -2.08. The summed E-state index contributed by atoms with van der Waals surface area (Å²) >= 11 is 0. The van der Waals surface area contributed by atoms with Gasteiger partial charge >= 0.3 is 5.97 Å². The SMILES string of the molecule is C=C(OC(C)=O)C(=O)c1ccc(C)cc1. The summed E-state index contributed by atoms with van der Waals surface area (Å²) in [6, 6.07) is 6.97. The maximum Gasteiger partial charge on any atom is 0.308 e. The Morgan fingerprint density at radius 2 is 1.73 bits per heavy atom. The molecule has 3 heteroatoms. The highest BCUT2D eigenvalue weighted by Gasteiger charge is 2.12. The molecule has 0 unspecified atom stereocenters. The number of ketones is 1. The van der Waals surface area contributed by atoms with Crippen LogP contribution >= 0.6 is 0 Å². The summed E-state index contributed by atoms with van der Waals surface area (Å²) in [7, 11) is 0. The molecule has 0 aliphatic heterocycles. The first-order valence-electron chi connectivity index (χ1n) is 4.49. The van der Waals surface area contributed by atoms with Crippen molar-refractivity contribution in [1.29, 1.82) is 0 Å². The van der Waals surface area contributed by atoms with Gasteiger partial charge in [-0.2, -0.15) is 0 Å². The summed E-state index contributed by atoms with van der Waals surface area (Å²) in [4.78, 5) is 22.2. The van der Waals surface area contributed by atoms with Crippen LogP contribution in [0.1, 0.15) is 22.8 Å². The van der Waals surface area contributed by atoms with Crippen molar-refractivity contribution in [3.05, 3.63) is 47.7 Å². The number of rotatable bonds is 3. The number of carbonyl (C=O) groups excluding carboxylic acids is 2. The molecule has 78 valence electrons. The molecule has 0 bridgehead atoms. The number of hydrogen-bond donors (Lipinski definition) is 0. The zero-order valence-corrected chi connectivity index (χ0v) is 8.74. The standard InChI is InChI=1S/C12H12O3/c1-8-4-6-11(7-5-8)12(14)9(2)15-10(3)13/h4-7H,2H2,1,3H3. The highest BCUT2D eigenvalue weighted by atomic mass is 16.5. The Labute approximate surface area is 88.4 Å². The molecule has 0 amide bonds. The van der Waals surface area contributed by atoms with Crippen LogP contribution in [0.4, 0.5) is 0 Å². The highest BCUT2D eigenvalue weighted by molar-refractivity contribution is 6.07. The first-order valence-corrected chi connectivity index (χ1v) is 4.49. The van der Waals surface area contributed by atoms with Gasteiger partial charge in [-0.25, -0.2) is 0 Å². The lowest BCUT2D eigenvalue weighted by molar-refractivity contribution is -0.136. The van der Waals surface area contributed by atoms with Crippen molar-refractivity contribution in [2.45, 2.75) is 13.8 Å². The van der Waals surface area contributed by atoms with E-state index in [9.17, 15) is 9.59 Å². The molecule has 3 nitrogen and oxygen atoms in total. The zero-order chi connectivity index (χ0) is 11.4. The van der Waals surface area contributed by atoms with Crippen LogP contribution in [0.15, 0.2) is 36.6 Å². The second-order valence-electron chi connectivity index (χ2n) is 3.21. The average molecular weight is 204 g/mol. The number of hydrogen-bond acceptors (Lipinski definition) is 3. The molecule has 0 radical (unpaired) electrons. The molecule has 0 atom stereocenters. The number of ether oxygens (including phenoxy) is 1. The van der Waals surface area contributed by atoms with Gasteiger partial charge in [0.05, 0.1) is 0 Å². The number of esters is 1. The minimum atomic E-state index is -0.541. The third-order valence-corrected chi connectivity index (χ3v) is 1.83. The fourth-order valence-corrected chi connectivity index (χ4v) is 1.09.